The lowest BCUT2D eigenvalue weighted by Crippen LogP contribution is -2.18. The molecule has 4 N–H and O–H groups in total. The van der Waals surface area contributed by atoms with Crippen LogP contribution in [0.2, 0.25) is 0 Å². The van der Waals surface area contributed by atoms with E-state index in [1.165, 1.54) is 35.5 Å². The number of carbonyl (C=O) groups is 2. The van der Waals surface area contributed by atoms with E-state index in [0.717, 1.165) is 30.5 Å². The molecule has 0 saturated heterocycles. The second-order valence-electron chi connectivity index (χ2n) is 7.28. The highest BCUT2D eigenvalue weighted by atomic mass is 32.3. The molecule has 1 atom stereocenters. The van der Waals surface area contributed by atoms with Gasteiger partial charge in [0.2, 0.25) is 11.9 Å². The molecule has 0 fully saturated rings. The van der Waals surface area contributed by atoms with E-state index >= 15 is 0 Å². The minimum Gasteiger partial charge on any atom is -0.611 e. The van der Waals surface area contributed by atoms with Crippen molar-refractivity contribution in [2.45, 2.75) is 12.8 Å². The van der Waals surface area contributed by atoms with Gasteiger partial charge in [0, 0.05) is 61.0 Å². The van der Waals surface area contributed by atoms with Crippen molar-refractivity contribution in [3.8, 4) is 0 Å². The lowest BCUT2D eigenvalue weighted by molar-refractivity contribution is -0.196. The SMILES string of the molecule is O=C(NCSCSCSC/N=C/OOCSCSCSCSC(=O)NCSCSCSC/N=C\[S+]([O-])CCCO)SCCCO. The van der Waals surface area contributed by atoms with Crippen LogP contribution in [0.5, 0.6) is 0 Å². The van der Waals surface area contributed by atoms with Crippen LogP contribution in [0, 0.1) is 0 Å². The predicted molar refractivity (Wildman–Crippen MR) is 219 cm³/mol. The number of amides is 2. The van der Waals surface area contributed by atoms with Gasteiger partial charge in [0.05, 0.1) is 23.5 Å². The molecule has 23 heteroatoms. The van der Waals surface area contributed by atoms with Crippen LogP contribution in [0.3, 0.4) is 0 Å². The minimum absolute atomic E-state index is 0.0101. The molecule has 0 radical (unpaired) electrons. The molecule has 0 rings (SSSR count). The van der Waals surface area contributed by atoms with Crippen LogP contribution < -0.4 is 10.6 Å². The van der Waals surface area contributed by atoms with Gasteiger partial charge in [0.1, 0.15) is 11.7 Å². The Labute approximate surface area is 317 Å². The third-order valence-corrected chi connectivity index (χ3v) is 16.9. The molecule has 1 unspecified atom stereocenters. The first kappa shape index (κ1) is 47.1. The molecule has 0 spiro atoms. The molecule has 0 aliphatic rings. The van der Waals surface area contributed by atoms with E-state index in [4.69, 9.17) is 20.0 Å². The summed E-state index contributed by atoms with van der Waals surface area (Å²) in [5.41, 5.74) is 1.46. The number of hydrogen-bond acceptors (Lipinski definition) is 20. The van der Waals surface area contributed by atoms with E-state index < -0.39 is 11.2 Å². The van der Waals surface area contributed by atoms with Gasteiger partial charge in [-0.2, -0.15) is 4.89 Å². The fourth-order valence-corrected chi connectivity index (χ4v) is 13.4. The van der Waals surface area contributed by atoms with Gasteiger partial charge in [-0.15, -0.1) is 106 Å². The normalized spacial score (nSPS) is 12.2. The second-order valence-corrected chi connectivity index (χ2v) is 22.0. The third kappa shape index (κ3) is 40.4. The van der Waals surface area contributed by atoms with Gasteiger partial charge in [-0.1, -0.05) is 23.5 Å². The number of rotatable bonds is 33. The van der Waals surface area contributed by atoms with Gasteiger partial charge in [0.15, 0.2) is 0 Å². The van der Waals surface area contributed by atoms with Crippen molar-refractivity contribution < 1.29 is 34.1 Å². The van der Waals surface area contributed by atoms with Crippen molar-refractivity contribution in [2.24, 2.45) is 9.98 Å². The van der Waals surface area contributed by atoms with Crippen LogP contribution in [-0.4, -0.2) is 127 Å². The van der Waals surface area contributed by atoms with Crippen molar-refractivity contribution in [1.82, 2.24) is 10.6 Å². The Morgan fingerprint density at radius 3 is 1.93 bits per heavy atom. The predicted octanol–water partition coefficient (Wildman–Crippen LogP) is 6.48. The van der Waals surface area contributed by atoms with E-state index in [1.54, 1.807) is 106 Å². The Kier molecular flexibility index (Phi) is 42.5. The van der Waals surface area contributed by atoms with Crippen LogP contribution in [0.15, 0.2) is 9.98 Å². The number of hydrogen-bond donors (Lipinski definition) is 4. The number of carbonyl (C=O) groups excluding carboxylic acids is 2. The Balaban J connectivity index is 3.28. The van der Waals surface area contributed by atoms with Crippen molar-refractivity contribution in [3.05, 3.63) is 0 Å². The second kappa shape index (κ2) is 40.5. The van der Waals surface area contributed by atoms with Crippen molar-refractivity contribution >= 4 is 163 Å². The Bertz CT molecular complexity index is 742. The summed E-state index contributed by atoms with van der Waals surface area (Å²) in [5.74, 6) is 3.82. The first-order valence-electron chi connectivity index (χ1n) is 13.0. The maximum absolute atomic E-state index is 11.9. The van der Waals surface area contributed by atoms with E-state index in [0.29, 0.717) is 58.9 Å². The smallest absolute Gasteiger partial charge is 0.280 e. The van der Waals surface area contributed by atoms with Gasteiger partial charge < -0.3 is 30.3 Å². The third-order valence-electron chi connectivity index (χ3n) is 3.79. The zero-order valence-electron chi connectivity index (χ0n) is 24.6. The van der Waals surface area contributed by atoms with E-state index in [-0.39, 0.29) is 23.7 Å². The summed E-state index contributed by atoms with van der Waals surface area (Å²) in [6.45, 7) is 0.161. The Hall–Kier alpha value is 2.12. The highest BCUT2D eigenvalue weighted by molar-refractivity contribution is 8.29. The van der Waals surface area contributed by atoms with Crippen molar-refractivity contribution in [1.29, 1.82) is 0 Å². The number of aliphatic hydroxyl groups is 2. The van der Waals surface area contributed by atoms with E-state index in [9.17, 15) is 14.1 Å². The molecule has 0 saturated carbocycles. The van der Waals surface area contributed by atoms with E-state index in [2.05, 4.69) is 20.6 Å². The lowest BCUT2D eigenvalue weighted by atomic mass is 10.5. The molecular weight excluding hydrogens is 817 g/mol. The average Bonchev–Trinajstić information content (AvgIpc) is 3.03. The zero-order valence-corrected chi connectivity index (χ0v) is 34.4. The summed E-state index contributed by atoms with van der Waals surface area (Å²) in [4.78, 5) is 41.6. The molecule has 0 aliphatic carbocycles. The summed E-state index contributed by atoms with van der Waals surface area (Å²) in [6.07, 6.45) is 2.47. The van der Waals surface area contributed by atoms with Crippen molar-refractivity contribution in [2.75, 3.05) is 89.8 Å². The van der Waals surface area contributed by atoms with Crippen LogP contribution in [0.4, 0.5) is 9.59 Å². The first-order valence-corrected chi connectivity index (χ1v) is 26.7. The summed E-state index contributed by atoms with van der Waals surface area (Å²) in [5, 5.41) is 29.1. The molecule has 0 bridgehead atoms. The van der Waals surface area contributed by atoms with Crippen LogP contribution in [0.1, 0.15) is 12.8 Å². The summed E-state index contributed by atoms with van der Waals surface area (Å²) in [7, 11) is 0. The molecule has 264 valence electrons. The minimum atomic E-state index is -1.09. The Morgan fingerprint density at radius 1 is 0.711 bits per heavy atom. The quantitative estimate of drug-likeness (QED) is 0.0108. The van der Waals surface area contributed by atoms with Crippen LogP contribution in [-0.2, 0) is 21.0 Å². The van der Waals surface area contributed by atoms with Gasteiger partial charge in [-0.3, -0.25) is 9.59 Å². The standard InChI is InChI=1S/C22H42N4O7S12/c27-3-1-5-43-21(29)25-10-36-16-39-14-34-8-23-7-32-33-13-38-18-41-19-42-20-44-22(30)26-11-37-17-40-15-35-9-24-12-45(31)6-2-4-28/h7,12,27-28H,1-6,8-11,13-20H2,(H,25,29)(H,26,30)/b23-7+,24-12-. The molecule has 0 aromatic rings. The van der Waals surface area contributed by atoms with Crippen LogP contribution >= 0.6 is 129 Å². The monoisotopic (exact) mass is 858 g/mol. The van der Waals surface area contributed by atoms with Gasteiger partial charge in [-0.05, 0) is 17.6 Å². The van der Waals surface area contributed by atoms with Gasteiger partial charge >= 0.3 is 0 Å². The van der Waals surface area contributed by atoms with Gasteiger partial charge in [-0.25, -0.2) is 9.98 Å². The maximum atomic E-state index is 11.9. The average molecular weight is 859 g/mol. The highest BCUT2D eigenvalue weighted by Crippen LogP contribution is 2.22. The molecule has 0 aromatic carbocycles. The Morgan fingerprint density at radius 2 is 1.27 bits per heavy atom. The topological polar surface area (TPSA) is 165 Å². The fourth-order valence-electron chi connectivity index (χ4n) is 1.96. The molecule has 2 amide bonds. The number of aliphatic imine (C=N–C) groups is 2. The number of nitrogens with one attached hydrogen (secondary N) is 2. The summed E-state index contributed by atoms with van der Waals surface area (Å²) >= 11 is 16.6. The number of nitrogens with zero attached hydrogens (tertiary/aromatic N) is 2. The molecule has 11 nitrogen and oxygen atoms in total. The maximum Gasteiger partial charge on any atom is 0.280 e. The summed E-state index contributed by atoms with van der Waals surface area (Å²) < 4.78 is 11.5. The first-order chi connectivity index (χ1) is 22.1. The molecule has 45 heavy (non-hydrogen) atoms. The zero-order chi connectivity index (χ0) is 32.9. The van der Waals surface area contributed by atoms with E-state index in [1.807, 2.05) is 0 Å². The van der Waals surface area contributed by atoms with Gasteiger partial charge in [0.25, 0.3) is 10.5 Å². The molecular formula is C22H42N4O7S12. The number of aliphatic hydroxyl groups excluding tert-OH is 2. The lowest BCUT2D eigenvalue weighted by Gasteiger charge is -2.05. The van der Waals surface area contributed by atoms with Crippen molar-refractivity contribution in [3.63, 3.8) is 0 Å². The molecule has 0 heterocycles. The largest absolute Gasteiger partial charge is 0.611 e. The highest BCUT2D eigenvalue weighted by Gasteiger charge is 2.03. The summed E-state index contributed by atoms with van der Waals surface area (Å²) in [6, 6.07) is 0. The number of thioether (sulfide) groups is 11. The fraction of sp³-hybridized carbons (Fsp3) is 0.818. The van der Waals surface area contributed by atoms with Crippen LogP contribution in [0.25, 0.3) is 0 Å². The molecule has 0 aliphatic heterocycles. The molecule has 0 aromatic heterocycles.